The standard InChI is InChI=1S/C31H36O13/c1-13-38-11-22-27(42-13)28(36-4)29(37-5)31(43-22)44-26-16-9-19-18(40-12-41-19)8-15(16)23(24-17(26)10-39-30(24)33)14-6-20(34-2)25(32)21(7-14)35-3/h6-9,13,17,22-24,26-29,31-32H,10-12H2,1-5H3/t13?,17-,22?,23+,24?,26?,27?,28?,29?,31?/m0/s1. The molecule has 7 rings (SSSR count). The minimum atomic E-state index is -0.892. The fraction of sp³-hybridized carbons (Fsp3) is 0.581. The molecular formula is C31H36O13. The summed E-state index contributed by atoms with van der Waals surface area (Å²) in [5, 5.41) is 10.6. The number of rotatable bonds is 7. The summed E-state index contributed by atoms with van der Waals surface area (Å²) in [6.45, 7) is 2.31. The van der Waals surface area contributed by atoms with Crippen molar-refractivity contribution >= 4 is 5.97 Å². The number of cyclic esters (lactones) is 1. The van der Waals surface area contributed by atoms with Gasteiger partial charge in [0.15, 0.2) is 35.6 Å². The average molecular weight is 617 g/mol. The molecule has 4 heterocycles. The van der Waals surface area contributed by atoms with Crippen molar-refractivity contribution in [3.05, 3.63) is 41.0 Å². The van der Waals surface area contributed by atoms with Gasteiger partial charge in [0, 0.05) is 26.1 Å². The fourth-order valence-electron chi connectivity index (χ4n) is 7.22. The lowest BCUT2D eigenvalue weighted by molar-refractivity contribution is -0.369. The lowest BCUT2D eigenvalue weighted by atomic mass is 9.66. The highest BCUT2D eigenvalue weighted by Crippen LogP contribution is 2.57. The molecule has 13 nitrogen and oxygen atoms in total. The SMILES string of the molecule is COc1cc([C@@H]2c3cc4c(cc3C(OC3OC5COC(C)OC5C(OC)C3OC)[C@H]3COC(=O)C23)OCO4)cc(OC)c1O. The van der Waals surface area contributed by atoms with Crippen molar-refractivity contribution < 1.29 is 62.0 Å². The van der Waals surface area contributed by atoms with E-state index in [9.17, 15) is 9.90 Å². The van der Waals surface area contributed by atoms with Crippen molar-refractivity contribution in [2.45, 2.75) is 55.9 Å². The first-order valence-corrected chi connectivity index (χ1v) is 14.5. The first-order chi connectivity index (χ1) is 21.4. The van der Waals surface area contributed by atoms with E-state index < -0.39 is 60.9 Å². The number of methoxy groups -OCH3 is 4. The summed E-state index contributed by atoms with van der Waals surface area (Å²) >= 11 is 0. The van der Waals surface area contributed by atoms with Gasteiger partial charge in [0.1, 0.15) is 24.4 Å². The van der Waals surface area contributed by atoms with Gasteiger partial charge in [-0.2, -0.15) is 0 Å². The summed E-state index contributed by atoms with van der Waals surface area (Å²) in [6, 6.07) is 7.18. The van der Waals surface area contributed by atoms with Crippen molar-refractivity contribution in [1.82, 2.24) is 0 Å². The van der Waals surface area contributed by atoms with Crippen molar-refractivity contribution in [3.63, 3.8) is 0 Å². The number of phenols is 1. The summed E-state index contributed by atoms with van der Waals surface area (Å²) in [5.41, 5.74) is 2.25. The van der Waals surface area contributed by atoms with Gasteiger partial charge in [-0.3, -0.25) is 4.79 Å². The van der Waals surface area contributed by atoms with E-state index in [0.717, 1.165) is 11.1 Å². The van der Waals surface area contributed by atoms with Gasteiger partial charge >= 0.3 is 5.97 Å². The Bertz CT molecular complexity index is 1390. The summed E-state index contributed by atoms with van der Waals surface area (Å²) in [4.78, 5) is 13.5. The van der Waals surface area contributed by atoms with Crippen molar-refractivity contribution in [3.8, 4) is 28.7 Å². The van der Waals surface area contributed by atoms with Crippen LogP contribution in [0.3, 0.4) is 0 Å². The zero-order chi connectivity index (χ0) is 30.7. The molecule has 3 fully saturated rings. The minimum Gasteiger partial charge on any atom is -0.502 e. The predicted molar refractivity (Wildman–Crippen MR) is 148 cm³/mol. The molecule has 4 aliphatic heterocycles. The smallest absolute Gasteiger partial charge is 0.310 e. The number of esters is 1. The number of hydrogen-bond donors (Lipinski definition) is 1. The van der Waals surface area contributed by atoms with Crippen LogP contribution in [0, 0.1) is 11.8 Å². The zero-order valence-electron chi connectivity index (χ0n) is 25.1. The Hall–Kier alpha value is -3.33. The summed E-state index contributed by atoms with van der Waals surface area (Å²) in [6.07, 6.45) is -4.01. The highest BCUT2D eigenvalue weighted by Gasteiger charge is 2.56. The van der Waals surface area contributed by atoms with Crippen LogP contribution < -0.4 is 18.9 Å². The zero-order valence-corrected chi connectivity index (χ0v) is 25.1. The van der Waals surface area contributed by atoms with E-state index in [1.807, 2.05) is 19.1 Å². The topological polar surface area (TPSA) is 139 Å². The normalized spacial score (nSPS) is 35.3. The number of fused-ring (bicyclic) bond motifs is 4. The second-order valence-electron chi connectivity index (χ2n) is 11.4. The number of ether oxygens (including phenoxy) is 11. The lowest BCUT2D eigenvalue weighted by Crippen LogP contribution is -2.64. The molecule has 13 heteroatoms. The minimum absolute atomic E-state index is 0.0681. The van der Waals surface area contributed by atoms with Gasteiger partial charge in [-0.1, -0.05) is 0 Å². The molecule has 0 radical (unpaired) electrons. The van der Waals surface area contributed by atoms with Crippen LogP contribution in [0.25, 0.3) is 0 Å². The molecular weight excluding hydrogens is 580 g/mol. The van der Waals surface area contributed by atoms with Crippen molar-refractivity contribution in [1.29, 1.82) is 0 Å². The maximum atomic E-state index is 13.5. The lowest BCUT2D eigenvalue weighted by Gasteiger charge is -2.49. The molecule has 0 bridgehead atoms. The fourth-order valence-corrected chi connectivity index (χ4v) is 7.22. The number of aromatic hydroxyl groups is 1. The monoisotopic (exact) mass is 616 g/mol. The third-order valence-corrected chi connectivity index (χ3v) is 9.24. The molecule has 1 N–H and O–H groups in total. The van der Waals surface area contributed by atoms with E-state index in [2.05, 4.69) is 0 Å². The summed E-state index contributed by atoms with van der Waals surface area (Å²) in [5.74, 6) is -0.531. The van der Waals surface area contributed by atoms with Gasteiger partial charge in [-0.05, 0) is 47.9 Å². The van der Waals surface area contributed by atoms with E-state index >= 15 is 0 Å². The molecule has 238 valence electrons. The van der Waals surface area contributed by atoms with Crippen LogP contribution in [0.1, 0.15) is 35.6 Å². The molecule has 8 unspecified atom stereocenters. The van der Waals surface area contributed by atoms with Crippen LogP contribution in [0.15, 0.2) is 24.3 Å². The number of benzene rings is 2. The summed E-state index contributed by atoms with van der Waals surface area (Å²) in [7, 11) is 6.08. The van der Waals surface area contributed by atoms with Gasteiger partial charge in [0.25, 0.3) is 0 Å². The maximum Gasteiger partial charge on any atom is 0.310 e. The molecule has 2 aromatic carbocycles. The molecule has 5 aliphatic rings. The van der Waals surface area contributed by atoms with Crippen LogP contribution in [-0.2, 0) is 38.0 Å². The van der Waals surface area contributed by atoms with E-state index in [1.54, 1.807) is 26.4 Å². The Morgan fingerprint density at radius 1 is 0.841 bits per heavy atom. The third-order valence-electron chi connectivity index (χ3n) is 9.24. The number of carbonyl (C=O) groups excluding carboxylic acids is 1. The van der Waals surface area contributed by atoms with E-state index in [1.165, 1.54) is 14.2 Å². The number of phenolic OH excluding ortho intramolecular Hbond substituents is 1. The van der Waals surface area contributed by atoms with Crippen LogP contribution in [0.4, 0.5) is 0 Å². The number of hydrogen-bond acceptors (Lipinski definition) is 13. The molecule has 0 spiro atoms. The van der Waals surface area contributed by atoms with Gasteiger partial charge in [-0.25, -0.2) is 0 Å². The van der Waals surface area contributed by atoms with Crippen LogP contribution >= 0.6 is 0 Å². The molecule has 2 aromatic rings. The van der Waals surface area contributed by atoms with E-state index in [0.29, 0.717) is 23.7 Å². The van der Waals surface area contributed by atoms with Gasteiger partial charge in [0.2, 0.25) is 12.5 Å². The highest BCUT2D eigenvalue weighted by atomic mass is 16.8. The Labute approximate surface area is 254 Å². The van der Waals surface area contributed by atoms with Gasteiger partial charge < -0.3 is 57.2 Å². The quantitative estimate of drug-likeness (QED) is 0.457. The van der Waals surface area contributed by atoms with E-state index in [4.69, 9.17) is 52.1 Å². The molecule has 0 aromatic heterocycles. The Morgan fingerprint density at radius 3 is 2.18 bits per heavy atom. The first-order valence-electron chi connectivity index (χ1n) is 14.5. The summed E-state index contributed by atoms with van der Waals surface area (Å²) < 4.78 is 64.9. The predicted octanol–water partition coefficient (Wildman–Crippen LogP) is 2.65. The van der Waals surface area contributed by atoms with Crippen LogP contribution in [0.2, 0.25) is 0 Å². The molecule has 0 amide bonds. The third kappa shape index (κ3) is 4.65. The molecule has 3 saturated heterocycles. The molecule has 10 atom stereocenters. The van der Waals surface area contributed by atoms with Crippen LogP contribution in [-0.4, -0.2) is 96.5 Å². The van der Waals surface area contributed by atoms with Crippen LogP contribution in [0.5, 0.6) is 28.7 Å². The van der Waals surface area contributed by atoms with Gasteiger partial charge in [-0.15, -0.1) is 0 Å². The van der Waals surface area contributed by atoms with Gasteiger partial charge in [0.05, 0.1) is 39.5 Å². The van der Waals surface area contributed by atoms with E-state index in [-0.39, 0.29) is 36.6 Å². The second kappa shape index (κ2) is 11.5. The average Bonchev–Trinajstić information content (AvgIpc) is 3.66. The van der Waals surface area contributed by atoms with Crippen molar-refractivity contribution in [2.24, 2.45) is 11.8 Å². The Morgan fingerprint density at radius 2 is 1.52 bits per heavy atom. The van der Waals surface area contributed by atoms with Crippen molar-refractivity contribution in [2.75, 3.05) is 48.4 Å². The first kappa shape index (κ1) is 29.4. The highest BCUT2D eigenvalue weighted by molar-refractivity contribution is 5.79. The molecule has 44 heavy (non-hydrogen) atoms. The Balaban J connectivity index is 1.33. The molecule has 1 aliphatic carbocycles. The largest absolute Gasteiger partial charge is 0.502 e. The second-order valence-corrected chi connectivity index (χ2v) is 11.4. The number of carbonyl (C=O) groups is 1. The Kier molecular flexibility index (Phi) is 7.71. The molecule has 0 saturated carbocycles. The maximum absolute atomic E-state index is 13.5.